The highest BCUT2D eigenvalue weighted by Crippen LogP contribution is 2.41. The zero-order valence-corrected chi connectivity index (χ0v) is 43.8. The normalized spacial score (nSPS) is 15.1. The second-order valence-electron chi connectivity index (χ2n) is 20.5. The Morgan fingerprint density at radius 1 is 0.639 bits per heavy atom. The van der Waals surface area contributed by atoms with E-state index in [9.17, 15) is 15.3 Å². The SMILES string of the molecule is C.CCNCCc1ccc(CN(CC)c2cc(OC)ccc2[C@@H]2CCc3cc(O)ccc3C2)cc1.Cc1ccc([C@@H]2CCc3cc(O)ccc3C2)c(N(CCO)Cc2ccc(OCC(C)(C)N(C)C)cc2)c1. The Bertz CT molecular complexity index is 2630. The number of methoxy groups -OCH3 is 1. The highest BCUT2D eigenvalue weighted by atomic mass is 16.5. The van der Waals surface area contributed by atoms with Crippen molar-refractivity contribution in [3.8, 4) is 23.0 Å². The molecule has 6 aromatic rings. The van der Waals surface area contributed by atoms with Crippen molar-refractivity contribution in [3.63, 3.8) is 0 Å². The van der Waals surface area contributed by atoms with Crippen molar-refractivity contribution in [1.82, 2.24) is 10.2 Å². The first-order chi connectivity index (χ1) is 34.3. The number of rotatable bonds is 20. The van der Waals surface area contributed by atoms with Crippen LogP contribution in [0.4, 0.5) is 11.4 Å². The van der Waals surface area contributed by atoms with Gasteiger partial charge in [-0.15, -0.1) is 0 Å². The Kier molecular flexibility index (Phi) is 20.1. The lowest BCUT2D eigenvalue weighted by atomic mass is 9.79. The number of aliphatic hydroxyl groups is 1. The first kappa shape index (κ1) is 55.3. The average Bonchev–Trinajstić information content (AvgIpc) is 3.37. The van der Waals surface area contributed by atoms with Gasteiger partial charge in [0.2, 0.25) is 0 Å². The molecule has 2 aliphatic rings. The molecule has 2 atom stereocenters. The molecular formula is C63H84N4O5. The molecule has 8 rings (SSSR count). The van der Waals surface area contributed by atoms with Crippen LogP contribution in [0.5, 0.6) is 23.0 Å². The van der Waals surface area contributed by atoms with E-state index in [0.29, 0.717) is 36.5 Å². The first-order valence-corrected chi connectivity index (χ1v) is 26.0. The number of phenolic OH excluding ortho intramolecular Hbond substituents is 2. The van der Waals surface area contributed by atoms with E-state index < -0.39 is 0 Å². The topological polar surface area (TPSA) is 101 Å². The van der Waals surface area contributed by atoms with Crippen LogP contribution < -0.4 is 24.6 Å². The van der Waals surface area contributed by atoms with Crippen LogP contribution in [0.15, 0.2) is 121 Å². The van der Waals surface area contributed by atoms with Gasteiger partial charge in [-0.2, -0.15) is 0 Å². The van der Waals surface area contributed by atoms with Gasteiger partial charge in [0.05, 0.1) is 13.7 Å². The first-order valence-electron chi connectivity index (χ1n) is 26.0. The van der Waals surface area contributed by atoms with Crippen molar-refractivity contribution in [2.24, 2.45) is 0 Å². The molecule has 0 aliphatic heterocycles. The van der Waals surface area contributed by atoms with Crippen LogP contribution in [-0.2, 0) is 45.2 Å². The summed E-state index contributed by atoms with van der Waals surface area (Å²) in [6.45, 7) is 16.7. The standard InChI is InChI=1S/C32H42N2O3.C30H38N2O2.CH4/c1-23-6-15-30(27-10-9-26-20-28(36)12-11-25(26)19-27)31(18-23)34(16-17-35)21-24-7-13-29(14-8-24)37-22-32(2,3)33(4)5;1-4-31-17-16-22-6-8-23(9-7-22)21-32(5-2)30-20-28(34-3)14-15-29(30)26-11-10-25-19-27(33)13-12-24(25)18-26;/h6-8,11-15,18,20,27,35-36H,9-10,16-17,19,21-22H2,1-5H3;6-9,12-15,19-20,26,31,33H,4-5,10-11,16-18,21H2,1-3H3;1H4/t27-;26-;/m11./s1. The van der Waals surface area contributed by atoms with Gasteiger partial charge in [0.15, 0.2) is 0 Å². The molecule has 6 aromatic carbocycles. The smallest absolute Gasteiger partial charge is 0.120 e. The number of fused-ring (bicyclic) bond motifs is 2. The third kappa shape index (κ3) is 14.6. The maximum atomic E-state index is 9.95. The monoisotopic (exact) mass is 977 g/mol. The summed E-state index contributed by atoms with van der Waals surface area (Å²) >= 11 is 0. The molecular weight excluding hydrogens is 893 g/mol. The second kappa shape index (κ2) is 26.1. The molecule has 2 aliphatic carbocycles. The largest absolute Gasteiger partial charge is 0.508 e. The third-order valence-electron chi connectivity index (χ3n) is 14.9. The molecule has 0 saturated carbocycles. The van der Waals surface area contributed by atoms with Gasteiger partial charge >= 0.3 is 0 Å². The number of benzene rings is 6. The van der Waals surface area contributed by atoms with Crippen molar-refractivity contribution in [2.45, 2.75) is 117 Å². The number of aryl methyl sites for hydroxylation is 3. The van der Waals surface area contributed by atoms with Gasteiger partial charge < -0.3 is 44.8 Å². The van der Waals surface area contributed by atoms with Crippen molar-refractivity contribution in [1.29, 1.82) is 0 Å². The molecule has 0 amide bonds. The molecule has 0 fully saturated rings. The maximum Gasteiger partial charge on any atom is 0.120 e. The van der Waals surface area contributed by atoms with E-state index >= 15 is 0 Å². The Balaban J connectivity index is 0.000000233. The van der Waals surface area contributed by atoms with Gasteiger partial charge in [-0.1, -0.05) is 81.1 Å². The minimum Gasteiger partial charge on any atom is -0.508 e. The number of likely N-dealkylation sites (N-methyl/N-ethyl adjacent to an activating group) is 2. The molecule has 9 nitrogen and oxygen atoms in total. The summed E-state index contributed by atoms with van der Waals surface area (Å²) in [7, 11) is 5.88. The van der Waals surface area contributed by atoms with Crippen molar-refractivity contribution in [2.75, 3.05) is 70.4 Å². The predicted molar refractivity (Wildman–Crippen MR) is 300 cm³/mol. The molecule has 0 bridgehead atoms. The minimum atomic E-state index is -0.0435. The van der Waals surface area contributed by atoms with Gasteiger partial charge in [-0.05, 0) is 216 Å². The van der Waals surface area contributed by atoms with E-state index in [1.54, 1.807) is 13.2 Å². The van der Waals surface area contributed by atoms with Gasteiger partial charge in [0.1, 0.15) is 29.6 Å². The molecule has 72 heavy (non-hydrogen) atoms. The highest BCUT2D eigenvalue weighted by Gasteiger charge is 2.27. The number of hydrogen-bond acceptors (Lipinski definition) is 9. The third-order valence-corrected chi connectivity index (χ3v) is 14.9. The van der Waals surface area contributed by atoms with Crippen LogP contribution in [0, 0.1) is 6.92 Å². The highest BCUT2D eigenvalue weighted by molar-refractivity contribution is 5.61. The number of ether oxygens (including phenoxy) is 2. The summed E-state index contributed by atoms with van der Waals surface area (Å²) in [6.07, 6.45) is 7.14. The van der Waals surface area contributed by atoms with Crippen LogP contribution >= 0.6 is 0 Å². The summed E-state index contributed by atoms with van der Waals surface area (Å²) in [4.78, 5) is 6.94. The zero-order valence-electron chi connectivity index (χ0n) is 43.8. The Morgan fingerprint density at radius 2 is 1.17 bits per heavy atom. The van der Waals surface area contributed by atoms with Crippen molar-refractivity contribution >= 4 is 11.4 Å². The van der Waals surface area contributed by atoms with Crippen LogP contribution in [0.25, 0.3) is 0 Å². The fourth-order valence-corrected chi connectivity index (χ4v) is 10.1. The quantitative estimate of drug-likeness (QED) is 0.0557. The molecule has 4 N–H and O–H groups in total. The van der Waals surface area contributed by atoms with E-state index in [4.69, 9.17) is 9.47 Å². The number of phenols is 2. The fourth-order valence-electron chi connectivity index (χ4n) is 10.1. The lowest BCUT2D eigenvalue weighted by molar-refractivity contribution is 0.114. The average molecular weight is 977 g/mol. The number of anilines is 2. The molecule has 0 aromatic heterocycles. The van der Waals surface area contributed by atoms with Crippen LogP contribution in [-0.4, -0.2) is 86.4 Å². The van der Waals surface area contributed by atoms with Crippen LogP contribution in [0.3, 0.4) is 0 Å². The summed E-state index contributed by atoms with van der Waals surface area (Å²) in [5.74, 6) is 3.35. The van der Waals surface area contributed by atoms with Crippen molar-refractivity contribution in [3.05, 3.63) is 177 Å². The number of nitrogens with one attached hydrogen (secondary N) is 1. The molecule has 386 valence electrons. The van der Waals surface area contributed by atoms with E-state index in [2.05, 4.69) is 154 Å². The molecule has 0 spiro atoms. The molecule has 9 heteroatoms. The molecule has 0 unspecified atom stereocenters. The summed E-state index contributed by atoms with van der Waals surface area (Å²) in [5.41, 5.74) is 15.5. The zero-order chi connectivity index (χ0) is 50.5. The lowest BCUT2D eigenvalue weighted by Crippen LogP contribution is -2.43. The van der Waals surface area contributed by atoms with Crippen LogP contribution in [0.2, 0.25) is 0 Å². The van der Waals surface area contributed by atoms with Crippen molar-refractivity contribution < 1.29 is 24.8 Å². The summed E-state index contributed by atoms with van der Waals surface area (Å²) in [6, 6.07) is 42.3. The van der Waals surface area contributed by atoms with E-state index in [-0.39, 0.29) is 19.6 Å². The van der Waals surface area contributed by atoms with Gasteiger partial charge in [0.25, 0.3) is 0 Å². The number of aromatic hydroxyl groups is 2. The van der Waals surface area contributed by atoms with Gasteiger partial charge in [-0.3, -0.25) is 0 Å². The molecule has 0 heterocycles. The van der Waals surface area contributed by atoms with Gasteiger partial charge in [-0.25, -0.2) is 0 Å². The lowest BCUT2D eigenvalue weighted by Gasteiger charge is -2.32. The second-order valence-corrected chi connectivity index (χ2v) is 20.5. The summed E-state index contributed by atoms with van der Waals surface area (Å²) < 4.78 is 11.7. The minimum absolute atomic E-state index is 0. The summed E-state index contributed by atoms with van der Waals surface area (Å²) in [5, 5.41) is 33.1. The Morgan fingerprint density at radius 3 is 1.71 bits per heavy atom. The molecule has 0 radical (unpaired) electrons. The number of nitrogens with zero attached hydrogens (tertiary/aromatic N) is 3. The van der Waals surface area contributed by atoms with E-state index in [1.807, 2.05) is 30.3 Å². The molecule has 0 saturated heterocycles. The van der Waals surface area contributed by atoms with E-state index in [1.165, 1.54) is 67.0 Å². The van der Waals surface area contributed by atoms with E-state index in [0.717, 1.165) is 89.2 Å². The number of hydrogen-bond donors (Lipinski definition) is 4. The van der Waals surface area contributed by atoms with Gasteiger partial charge in [0, 0.05) is 49.2 Å². The Labute approximate surface area is 432 Å². The fraction of sp³-hybridized carbons (Fsp3) is 0.429. The maximum absolute atomic E-state index is 9.95. The van der Waals surface area contributed by atoms with Crippen LogP contribution in [0.1, 0.15) is 115 Å². The number of aliphatic hydroxyl groups excluding tert-OH is 1. The predicted octanol–water partition coefficient (Wildman–Crippen LogP) is 12.2. The Hall–Kier alpha value is -6.00.